The van der Waals surface area contributed by atoms with E-state index < -0.39 is 24.1 Å². The van der Waals surface area contributed by atoms with Gasteiger partial charge in [0.05, 0.1) is 0 Å². The van der Waals surface area contributed by atoms with Gasteiger partial charge in [0.1, 0.15) is 23.7 Å². The summed E-state index contributed by atoms with van der Waals surface area (Å²) in [7, 11) is 0. The normalized spacial score (nSPS) is 15.3. The van der Waals surface area contributed by atoms with Crippen molar-refractivity contribution in [1.29, 1.82) is 0 Å². The van der Waals surface area contributed by atoms with Crippen LogP contribution in [0.25, 0.3) is 0 Å². The minimum absolute atomic E-state index is 0.205. The molecule has 0 aliphatic rings. The lowest BCUT2D eigenvalue weighted by molar-refractivity contribution is -0.453. The van der Waals surface area contributed by atoms with Gasteiger partial charge in [0.25, 0.3) is 0 Å². The zero-order valence-electron chi connectivity index (χ0n) is 8.57. The van der Waals surface area contributed by atoms with E-state index in [2.05, 4.69) is 5.73 Å². The number of alkyl halides is 3. The average Bonchev–Trinajstić information content (AvgIpc) is 2.19. The van der Waals surface area contributed by atoms with Gasteiger partial charge >= 0.3 is 6.18 Å². The number of phenols is 1. The Balaban J connectivity index is 3.15. The van der Waals surface area contributed by atoms with E-state index in [1.165, 1.54) is 0 Å². The number of benzene rings is 1. The molecular weight excluding hydrogens is 239 g/mol. The summed E-state index contributed by atoms with van der Waals surface area (Å²) in [5.41, 5.74) is 2.68. The Morgan fingerprint density at radius 2 is 1.76 bits per heavy atom. The number of quaternary nitrogens is 1. The highest BCUT2D eigenvalue weighted by atomic mass is 19.4. The number of rotatable bonds is 3. The first kappa shape index (κ1) is 13.3. The molecule has 17 heavy (non-hydrogen) atoms. The van der Waals surface area contributed by atoms with Gasteiger partial charge in [-0.05, 0) is 17.7 Å². The fourth-order valence-electron chi connectivity index (χ4n) is 1.47. The van der Waals surface area contributed by atoms with Crippen LogP contribution in [-0.4, -0.2) is 23.3 Å². The third-order valence-corrected chi connectivity index (χ3v) is 2.31. The van der Waals surface area contributed by atoms with Crippen LogP contribution in [0, 0.1) is 0 Å². The van der Waals surface area contributed by atoms with Crippen LogP contribution < -0.4 is 10.8 Å². The van der Waals surface area contributed by atoms with Crippen molar-refractivity contribution in [2.75, 3.05) is 0 Å². The molecule has 1 aromatic rings. The van der Waals surface area contributed by atoms with Crippen LogP contribution in [0.1, 0.15) is 11.5 Å². The predicted molar refractivity (Wildman–Crippen MR) is 48.6 cm³/mol. The van der Waals surface area contributed by atoms with Crippen LogP contribution >= 0.6 is 0 Å². The number of carbonyl (C=O) groups is 1. The summed E-state index contributed by atoms with van der Waals surface area (Å²) >= 11 is 0. The molecule has 1 rings (SSSR count). The highest BCUT2D eigenvalue weighted by Gasteiger charge is 2.47. The van der Waals surface area contributed by atoms with E-state index in [9.17, 15) is 23.1 Å². The molecule has 0 aliphatic heterocycles. The smallest absolute Gasteiger partial charge is 0.401 e. The molecule has 2 atom stereocenters. The van der Waals surface area contributed by atoms with E-state index in [-0.39, 0.29) is 11.3 Å². The zero-order valence-corrected chi connectivity index (χ0v) is 8.57. The van der Waals surface area contributed by atoms with E-state index in [1.807, 2.05) is 0 Å². The SMILES string of the molecule is [NH3+][C@@H](C(=O)[O-])[C@H](c1ccc(O)cc1)C(F)(F)F. The fourth-order valence-corrected chi connectivity index (χ4v) is 1.47. The van der Waals surface area contributed by atoms with Gasteiger partial charge in [-0.25, -0.2) is 0 Å². The first-order valence-electron chi connectivity index (χ1n) is 4.63. The number of hydrogen-bond donors (Lipinski definition) is 2. The maximum atomic E-state index is 12.7. The molecule has 0 saturated heterocycles. The van der Waals surface area contributed by atoms with Gasteiger partial charge in [0.15, 0.2) is 0 Å². The molecule has 1 aromatic carbocycles. The van der Waals surface area contributed by atoms with E-state index >= 15 is 0 Å². The average molecular weight is 249 g/mol. The minimum atomic E-state index is -4.75. The minimum Gasteiger partial charge on any atom is -0.544 e. The third-order valence-electron chi connectivity index (χ3n) is 2.31. The standard InChI is InChI=1S/C10H10F3NO3/c11-10(12,13)7(8(14)9(16)17)5-1-3-6(15)4-2-5/h1-4,7-8,15H,14H2,(H,16,17)/t7-,8+/m0/s1. The second-order valence-electron chi connectivity index (χ2n) is 3.54. The fraction of sp³-hybridized carbons (Fsp3) is 0.300. The van der Waals surface area contributed by atoms with Crippen LogP contribution in [0.15, 0.2) is 24.3 Å². The van der Waals surface area contributed by atoms with Gasteiger partial charge in [0.2, 0.25) is 0 Å². The second-order valence-corrected chi connectivity index (χ2v) is 3.54. The highest BCUT2D eigenvalue weighted by molar-refractivity contribution is 5.71. The lowest BCUT2D eigenvalue weighted by atomic mass is 9.91. The Kier molecular flexibility index (Phi) is 3.62. The Morgan fingerprint density at radius 3 is 2.12 bits per heavy atom. The maximum absolute atomic E-state index is 12.7. The summed E-state index contributed by atoms with van der Waals surface area (Å²) < 4.78 is 38.2. The number of phenolic OH excluding ortho intramolecular Hbond substituents is 1. The molecule has 4 nitrogen and oxygen atoms in total. The number of aliphatic carboxylic acids is 1. The first-order chi connectivity index (χ1) is 7.73. The highest BCUT2D eigenvalue weighted by Crippen LogP contribution is 2.36. The Labute approximate surface area is 94.5 Å². The lowest BCUT2D eigenvalue weighted by Crippen LogP contribution is -2.72. The molecule has 0 spiro atoms. The van der Waals surface area contributed by atoms with E-state index in [1.54, 1.807) is 0 Å². The van der Waals surface area contributed by atoms with Crippen LogP contribution in [-0.2, 0) is 4.79 Å². The van der Waals surface area contributed by atoms with Gasteiger partial charge < -0.3 is 20.7 Å². The molecule has 0 amide bonds. The molecule has 7 heteroatoms. The van der Waals surface area contributed by atoms with Gasteiger partial charge in [-0.1, -0.05) is 12.1 Å². The number of carboxylic acid groups (broad SMARTS) is 1. The largest absolute Gasteiger partial charge is 0.544 e. The zero-order chi connectivity index (χ0) is 13.2. The van der Waals surface area contributed by atoms with Gasteiger partial charge in [0, 0.05) is 0 Å². The van der Waals surface area contributed by atoms with Crippen molar-refractivity contribution < 1.29 is 33.9 Å². The molecule has 0 radical (unpaired) electrons. The van der Waals surface area contributed by atoms with E-state index in [0.29, 0.717) is 0 Å². The molecule has 0 aliphatic carbocycles. The molecule has 0 aromatic heterocycles. The first-order valence-corrected chi connectivity index (χ1v) is 4.63. The van der Waals surface area contributed by atoms with Crippen LogP contribution in [0.5, 0.6) is 5.75 Å². The van der Waals surface area contributed by atoms with Crippen molar-refractivity contribution in [1.82, 2.24) is 0 Å². The summed E-state index contributed by atoms with van der Waals surface area (Å²) in [5.74, 6) is -4.34. The number of carboxylic acids is 1. The van der Waals surface area contributed by atoms with Crippen LogP contribution in [0.4, 0.5) is 13.2 Å². The van der Waals surface area contributed by atoms with E-state index in [0.717, 1.165) is 24.3 Å². The molecule has 0 heterocycles. The van der Waals surface area contributed by atoms with Gasteiger partial charge in [-0.3, -0.25) is 0 Å². The topological polar surface area (TPSA) is 88.0 Å². The van der Waals surface area contributed by atoms with Gasteiger partial charge in [-0.15, -0.1) is 0 Å². The van der Waals surface area contributed by atoms with Crippen LogP contribution in [0.3, 0.4) is 0 Å². The molecule has 0 saturated carbocycles. The molecule has 0 unspecified atom stereocenters. The summed E-state index contributed by atoms with van der Waals surface area (Å²) in [6.45, 7) is 0. The quantitative estimate of drug-likeness (QED) is 0.749. The summed E-state index contributed by atoms with van der Waals surface area (Å²) in [5, 5.41) is 19.5. The predicted octanol–water partition coefficient (Wildman–Crippen LogP) is -0.601. The number of hydrogen-bond acceptors (Lipinski definition) is 3. The lowest BCUT2D eigenvalue weighted by Gasteiger charge is -2.24. The van der Waals surface area contributed by atoms with Crippen molar-refractivity contribution in [2.45, 2.75) is 18.1 Å². The Bertz CT molecular complexity index is 402. The number of carbonyl (C=O) groups excluding carboxylic acids is 1. The van der Waals surface area contributed by atoms with Crippen molar-refractivity contribution in [2.24, 2.45) is 0 Å². The van der Waals surface area contributed by atoms with Crippen molar-refractivity contribution in [3.8, 4) is 5.75 Å². The Hall–Kier alpha value is -1.76. The summed E-state index contributed by atoms with van der Waals surface area (Å²) in [6.07, 6.45) is -4.75. The summed E-state index contributed by atoms with van der Waals surface area (Å²) in [6, 6.07) is 2.18. The molecular formula is C10H10F3NO3. The van der Waals surface area contributed by atoms with Crippen molar-refractivity contribution in [3.05, 3.63) is 29.8 Å². The number of aromatic hydroxyl groups is 1. The number of halogens is 3. The molecule has 4 N–H and O–H groups in total. The Morgan fingerprint density at radius 1 is 1.29 bits per heavy atom. The second kappa shape index (κ2) is 4.62. The molecule has 94 valence electrons. The summed E-state index contributed by atoms with van der Waals surface area (Å²) in [4.78, 5) is 10.5. The molecule has 0 bridgehead atoms. The van der Waals surface area contributed by atoms with Crippen molar-refractivity contribution in [3.63, 3.8) is 0 Å². The van der Waals surface area contributed by atoms with Gasteiger partial charge in [-0.2, -0.15) is 13.2 Å². The van der Waals surface area contributed by atoms with Crippen LogP contribution in [0.2, 0.25) is 0 Å². The van der Waals surface area contributed by atoms with E-state index in [4.69, 9.17) is 5.11 Å². The maximum Gasteiger partial charge on any atom is 0.401 e. The molecule has 0 fully saturated rings. The monoisotopic (exact) mass is 249 g/mol. The van der Waals surface area contributed by atoms with Crippen molar-refractivity contribution >= 4 is 5.97 Å². The third kappa shape index (κ3) is 3.10.